The zero-order chi connectivity index (χ0) is 23.4. The van der Waals surface area contributed by atoms with Crippen LogP contribution >= 0.6 is 24.4 Å². The number of aliphatic hydroxyl groups excluding tert-OH is 1. The maximum absolute atomic E-state index is 12.6. The van der Waals surface area contributed by atoms with E-state index in [-0.39, 0.29) is 18.1 Å². The van der Waals surface area contributed by atoms with Crippen molar-refractivity contribution in [3.8, 4) is 0 Å². The zero-order valence-electron chi connectivity index (χ0n) is 17.8. The molecule has 0 aliphatic heterocycles. The van der Waals surface area contributed by atoms with Gasteiger partial charge in [-0.1, -0.05) is 20.3 Å². The molecule has 0 saturated carbocycles. The minimum absolute atomic E-state index is 0.112. The molecular formula is C18H34N4O6S2. The van der Waals surface area contributed by atoms with Crippen LogP contribution in [-0.4, -0.2) is 81.9 Å². The number of nitrogens with one attached hydrogen (secondary N) is 3. The van der Waals surface area contributed by atoms with Crippen LogP contribution in [0.4, 0.5) is 0 Å². The number of carboxylic acid groups (broad SMARTS) is 1. The van der Waals surface area contributed by atoms with E-state index in [2.05, 4.69) is 28.6 Å². The molecule has 10 nitrogen and oxygen atoms in total. The molecule has 0 aliphatic rings. The molecule has 0 spiro atoms. The Balaban J connectivity index is 5.15. The maximum atomic E-state index is 12.6. The number of aliphatic carboxylic acids is 1. The molecule has 6 atom stereocenters. The third-order valence-electron chi connectivity index (χ3n) is 4.66. The van der Waals surface area contributed by atoms with Crippen molar-refractivity contribution in [3.63, 3.8) is 0 Å². The first-order valence-electron chi connectivity index (χ1n) is 9.67. The highest BCUT2D eigenvalue weighted by Gasteiger charge is 2.32. The highest BCUT2D eigenvalue weighted by atomic mass is 32.2. The van der Waals surface area contributed by atoms with Crippen molar-refractivity contribution in [2.75, 3.05) is 17.8 Å². The standard InChI is InChI=1S/C18H34N4O6S2/c1-5-9(2)13(19)16(25)22-14(10(3)23)17(26)21-12(8-29)15(24)20-11(18(27)28)6-7-30-4/h9-14,23,29H,5-8,19H2,1-4H3,(H,20,24)(H,21,26)(H,22,25)(H,27,28). The summed E-state index contributed by atoms with van der Waals surface area (Å²) in [5, 5.41) is 26.3. The third-order valence-corrected chi connectivity index (χ3v) is 5.67. The number of nitrogens with two attached hydrogens (primary N) is 1. The molecule has 0 fully saturated rings. The predicted molar refractivity (Wildman–Crippen MR) is 119 cm³/mol. The number of hydrogen-bond donors (Lipinski definition) is 7. The van der Waals surface area contributed by atoms with Gasteiger partial charge in [0.2, 0.25) is 17.7 Å². The molecule has 3 amide bonds. The molecule has 30 heavy (non-hydrogen) atoms. The number of carboxylic acids is 1. The summed E-state index contributed by atoms with van der Waals surface area (Å²) in [4.78, 5) is 48.6. The summed E-state index contributed by atoms with van der Waals surface area (Å²) in [5.74, 6) is -3.03. The van der Waals surface area contributed by atoms with Crippen molar-refractivity contribution in [2.45, 2.75) is 63.9 Å². The minimum Gasteiger partial charge on any atom is -0.480 e. The SMILES string of the molecule is CCC(C)C(N)C(=O)NC(C(=O)NC(CS)C(=O)NC(CCSC)C(=O)O)C(C)O. The van der Waals surface area contributed by atoms with E-state index in [0.29, 0.717) is 12.2 Å². The average Bonchev–Trinajstić information content (AvgIpc) is 2.70. The number of rotatable bonds is 14. The number of aliphatic hydroxyl groups is 1. The molecule has 174 valence electrons. The van der Waals surface area contributed by atoms with Gasteiger partial charge in [0.25, 0.3) is 0 Å². The first-order valence-corrected chi connectivity index (χ1v) is 11.7. The summed E-state index contributed by atoms with van der Waals surface area (Å²) in [6, 6.07) is -4.46. The quantitative estimate of drug-likeness (QED) is 0.159. The third kappa shape index (κ3) is 9.54. The fourth-order valence-electron chi connectivity index (χ4n) is 2.39. The number of carbonyl (C=O) groups is 4. The topological polar surface area (TPSA) is 171 Å². The van der Waals surface area contributed by atoms with Gasteiger partial charge < -0.3 is 31.9 Å². The number of thioether (sulfide) groups is 1. The van der Waals surface area contributed by atoms with Gasteiger partial charge in [0.05, 0.1) is 12.1 Å². The van der Waals surface area contributed by atoms with Gasteiger partial charge in [0.1, 0.15) is 18.1 Å². The van der Waals surface area contributed by atoms with Crippen molar-refractivity contribution in [2.24, 2.45) is 11.7 Å². The lowest BCUT2D eigenvalue weighted by Gasteiger charge is -2.26. The highest BCUT2D eigenvalue weighted by molar-refractivity contribution is 7.98. The highest BCUT2D eigenvalue weighted by Crippen LogP contribution is 2.07. The van der Waals surface area contributed by atoms with Crippen LogP contribution < -0.4 is 21.7 Å². The van der Waals surface area contributed by atoms with Gasteiger partial charge in [-0.05, 0) is 31.3 Å². The molecule has 0 bridgehead atoms. The molecule has 0 heterocycles. The second kappa shape index (κ2) is 14.5. The monoisotopic (exact) mass is 466 g/mol. The van der Waals surface area contributed by atoms with Crippen LogP contribution in [0.3, 0.4) is 0 Å². The normalized spacial score (nSPS) is 17.0. The van der Waals surface area contributed by atoms with E-state index in [1.165, 1.54) is 18.7 Å². The molecule has 0 radical (unpaired) electrons. The van der Waals surface area contributed by atoms with Gasteiger partial charge in [-0.2, -0.15) is 24.4 Å². The summed E-state index contributed by atoms with van der Waals surface area (Å²) in [5.41, 5.74) is 5.86. The number of thiol groups is 1. The van der Waals surface area contributed by atoms with Crippen molar-refractivity contribution in [1.82, 2.24) is 16.0 Å². The van der Waals surface area contributed by atoms with Crippen molar-refractivity contribution in [1.29, 1.82) is 0 Å². The minimum atomic E-state index is -1.34. The smallest absolute Gasteiger partial charge is 0.326 e. The van der Waals surface area contributed by atoms with Gasteiger partial charge >= 0.3 is 5.97 Å². The Kier molecular flexibility index (Phi) is 13.8. The second-order valence-corrected chi connectivity index (χ2v) is 8.41. The van der Waals surface area contributed by atoms with Crippen LogP contribution in [0.25, 0.3) is 0 Å². The first-order chi connectivity index (χ1) is 14.0. The lowest BCUT2D eigenvalue weighted by Crippen LogP contribution is -2.60. The Morgan fingerprint density at radius 2 is 1.60 bits per heavy atom. The van der Waals surface area contributed by atoms with E-state index in [0.717, 1.165) is 0 Å². The zero-order valence-corrected chi connectivity index (χ0v) is 19.5. The molecule has 0 aliphatic carbocycles. The predicted octanol–water partition coefficient (Wildman–Crippen LogP) is -1.04. The summed E-state index contributed by atoms with van der Waals surface area (Å²) in [7, 11) is 0. The number of amides is 3. The van der Waals surface area contributed by atoms with E-state index in [4.69, 9.17) is 5.73 Å². The van der Waals surface area contributed by atoms with Gasteiger partial charge in [0.15, 0.2) is 0 Å². The number of carbonyl (C=O) groups excluding carboxylic acids is 3. The molecular weight excluding hydrogens is 432 g/mol. The lowest BCUT2D eigenvalue weighted by molar-refractivity contribution is -0.142. The molecule has 0 aromatic rings. The van der Waals surface area contributed by atoms with Crippen LogP contribution in [0.1, 0.15) is 33.6 Å². The molecule has 0 aromatic heterocycles. The van der Waals surface area contributed by atoms with Gasteiger partial charge in [0, 0.05) is 5.75 Å². The summed E-state index contributed by atoms with van der Waals surface area (Å²) in [6.07, 6.45) is 1.43. The maximum Gasteiger partial charge on any atom is 0.326 e. The first kappa shape index (κ1) is 28.5. The Labute approximate surface area is 186 Å². The van der Waals surface area contributed by atoms with Crippen molar-refractivity contribution >= 4 is 48.1 Å². The van der Waals surface area contributed by atoms with E-state index in [1.807, 2.05) is 13.2 Å². The van der Waals surface area contributed by atoms with Crippen LogP contribution in [-0.2, 0) is 19.2 Å². The Morgan fingerprint density at radius 3 is 2.03 bits per heavy atom. The van der Waals surface area contributed by atoms with Crippen LogP contribution in [0, 0.1) is 5.92 Å². The van der Waals surface area contributed by atoms with E-state index < -0.39 is 54.0 Å². The Morgan fingerprint density at radius 1 is 1.03 bits per heavy atom. The van der Waals surface area contributed by atoms with Gasteiger partial charge in [-0.15, -0.1) is 0 Å². The molecule has 0 saturated heterocycles. The van der Waals surface area contributed by atoms with Crippen LogP contribution in [0.15, 0.2) is 0 Å². The fourth-order valence-corrected chi connectivity index (χ4v) is 3.12. The molecule has 7 N–H and O–H groups in total. The molecule has 0 aromatic carbocycles. The molecule has 0 rings (SSSR count). The van der Waals surface area contributed by atoms with Gasteiger partial charge in [-0.25, -0.2) is 4.79 Å². The number of hydrogen-bond acceptors (Lipinski definition) is 8. The molecule has 12 heteroatoms. The van der Waals surface area contributed by atoms with E-state index in [1.54, 1.807) is 6.92 Å². The summed E-state index contributed by atoms with van der Waals surface area (Å²) in [6.45, 7) is 4.98. The lowest BCUT2D eigenvalue weighted by atomic mass is 9.98. The van der Waals surface area contributed by atoms with Gasteiger partial charge in [-0.3, -0.25) is 14.4 Å². The summed E-state index contributed by atoms with van der Waals surface area (Å²) < 4.78 is 0. The average molecular weight is 467 g/mol. The van der Waals surface area contributed by atoms with E-state index >= 15 is 0 Å². The van der Waals surface area contributed by atoms with Crippen molar-refractivity contribution in [3.05, 3.63) is 0 Å². The largest absolute Gasteiger partial charge is 0.480 e. The van der Waals surface area contributed by atoms with Crippen LogP contribution in [0.2, 0.25) is 0 Å². The fraction of sp³-hybridized carbons (Fsp3) is 0.778. The molecule has 6 unspecified atom stereocenters. The summed E-state index contributed by atoms with van der Waals surface area (Å²) >= 11 is 5.48. The second-order valence-electron chi connectivity index (χ2n) is 7.06. The van der Waals surface area contributed by atoms with E-state index in [9.17, 15) is 29.4 Å². The van der Waals surface area contributed by atoms with Crippen LogP contribution in [0.5, 0.6) is 0 Å². The van der Waals surface area contributed by atoms with Crippen molar-refractivity contribution < 1.29 is 29.4 Å². The Bertz CT molecular complexity index is 593. The Hall–Kier alpha value is -1.50.